The summed E-state index contributed by atoms with van der Waals surface area (Å²) < 4.78 is 40.8. The zero-order chi connectivity index (χ0) is 21.6. The largest absolute Gasteiger partial charge is 0.354 e. The van der Waals surface area contributed by atoms with Crippen molar-refractivity contribution in [2.75, 3.05) is 17.4 Å². The maximum Gasteiger partial charge on any atom is 0.265 e. The smallest absolute Gasteiger partial charge is 0.265 e. The molecule has 0 atom stereocenters. The van der Waals surface area contributed by atoms with E-state index in [-0.39, 0.29) is 28.6 Å². The molecule has 0 unspecified atom stereocenters. The number of halogens is 1. The van der Waals surface area contributed by atoms with Crippen LogP contribution in [0.2, 0.25) is 0 Å². The van der Waals surface area contributed by atoms with E-state index < -0.39 is 10.0 Å². The predicted octanol–water partition coefficient (Wildman–Crippen LogP) is 4.12. The number of nitrogens with zero attached hydrogens (tertiary/aromatic N) is 1. The third-order valence-electron chi connectivity index (χ3n) is 6.61. The van der Waals surface area contributed by atoms with Gasteiger partial charge in [0.05, 0.1) is 10.6 Å². The first-order valence-corrected chi connectivity index (χ1v) is 11.9. The molecular weight excluding hydrogens is 415 g/mol. The van der Waals surface area contributed by atoms with E-state index in [9.17, 15) is 17.6 Å². The molecule has 3 aromatic carbocycles. The van der Waals surface area contributed by atoms with Gasteiger partial charge in [0.25, 0.3) is 10.0 Å². The number of hydrogen-bond donors (Lipinski definition) is 1. The Kier molecular flexibility index (Phi) is 4.73. The van der Waals surface area contributed by atoms with Crippen LogP contribution in [0.5, 0.6) is 0 Å². The van der Waals surface area contributed by atoms with E-state index in [1.807, 2.05) is 12.1 Å². The summed E-state index contributed by atoms with van der Waals surface area (Å²) in [6.07, 6.45) is 3.91. The fraction of sp³-hybridized carbons (Fsp3) is 0.292. The highest BCUT2D eigenvalue weighted by atomic mass is 32.2. The summed E-state index contributed by atoms with van der Waals surface area (Å²) in [6.45, 7) is 0.137. The molecule has 1 aliphatic heterocycles. The summed E-state index contributed by atoms with van der Waals surface area (Å²) in [4.78, 5) is 13.1. The maximum absolute atomic E-state index is 13.4. The lowest BCUT2D eigenvalue weighted by Crippen LogP contribution is -2.44. The first kappa shape index (κ1) is 20.0. The average Bonchev–Trinajstić information content (AvgIpc) is 3.33. The van der Waals surface area contributed by atoms with Crippen LogP contribution in [0.15, 0.2) is 65.6 Å². The minimum Gasteiger partial charge on any atom is -0.354 e. The zero-order valence-corrected chi connectivity index (χ0v) is 17.8. The Morgan fingerprint density at radius 3 is 2.39 bits per heavy atom. The molecule has 0 radical (unpaired) electrons. The van der Waals surface area contributed by atoms with Gasteiger partial charge in [-0.05, 0) is 48.1 Å². The van der Waals surface area contributed by atoms with Gasteiger partial charge in [-0.3, -0.25) is 9.10 Å². The Morgan fingerprint density at radius 1 is 1.00 bits per heavy atom. The average molecular weight is 439 g/mol. The molecule has 5 rings (SSSR count). The molecule has 1 aliphatic carbocycles. The number of nitrogens with one attached hydrogen (secondary N) is 1. The SMILES string of the molecule is O=C(CN1c2cccc3cccc(c23)S1(=O)=O)NCC1(c2ccc(F)cc2)CCCC1. The molecule has 0 aromatic heterocycles. The highest BCUT2D eigenvalue weighted by molar-refractivity contribution is 7.93. The summed E-state index contributed by atoms with van der Waals surface area (Å²) in [5.74, 6) is -0.629. The lowest BCUT2D eigenvalue weighted by Gasteiger charge is -2.30. The van der Waals surface area contributed by atoms with Gasteiger partial charge >= 0.3 is 0 Å². The van der Waals surface area contributed by atoms with Gasteiger partial charge in [-0.25, -0.2) is 12.8 Å². The highest BCUT2D eigenvalue weighted by Gasteiger charge is 2.38. The Labute approximate surface area is 180 Å². The third kappa shape index (κ3) is 3.28. The Morgan fingerprint density at radius 2 is 1.68 bits per heavy atom. The molecule has 1 amide bonds. The van der Waals surface area contributed by atoms with E-state index >= 15 is 0 Å². The van der Waals surface area contributed by atoms with Crippen molar-refractivity contribution in [3.8, 4) is 0 Å². The molecule has 5 nitrogen and oxygen atoms in total. The first-order chi connectivity index (χ1) is 14.9. The van der Waals surface area contributed by atoms with E-state index in [4.69, 9.17) is 0 Å². The summed E-state index contributed by atoms with van der Waals surface area (Å²) in [7, 11) is -3.77. The second-order valence-electron chi connectivity index (χ2n) is 8.41. The zero-order valence-electron chi connectivity index (χ0n) is 17.0. The molecule has 1 N–H and O–H groups in total. The van der Waals surface area contributed by atoms with E-state index in [2.05, 4.69) is 5.32 Å². The predicted molar refractivity (Wildman–Crippen MR) is 118 cm³/mol. The maximum atomic E-state index is 13.4. The number of benzene rings is 3. The van der Waals surface area contributed by atoms with Gasteiger partial charge in [0.15, 0.2) is 0 Å². The molecule has 0 bridgehead atoms. The van der Waals surface area contributed by atoms with Crippen molar-refractivity contribution in [3.63, 3.8) is 0 Å². The molecule has 1 fully saturated rings. The molecule has 160 valence electrons. The van der Waals surface area contributed by atoms with Crippen LogP contribution in [0.3, 0.4) is 0 Å². The van der Waals surface area contributed by atoms with E-state index in [1.165, 1.54) is 16.4 Å². The Bertz CT molecular complexity index is 1260. The molecule has 31 heavy (non-hydrogen) atoms. The highest BCUT2D eigenvalue weighted by Crippen LogP contribution is 2.42. The van der Waals surface area contributed by atoms with Crippen LogP contribution in [-0.2, 0) is 20.2 Å². The summed E-state index contributed by atoms with van der Waals surface area (Å²) in [5.41, 5.74) is 1.31. The van der Waals surface area contributed by atoms with Gasteiger partial charge in [0, 0.05) is 17.3 Å². The summed E-state index contributed by atoms with van der Waals surface area (Å²) in [5, 5.41) is 4.46. The number of sulfonamides is 1. The van der Waals surface area contributed by atoms with Gasteiger partial charge < -0.3 is 5.32 Å². The monoisotopic (exact) mass is 438 g/mol. The minimum absolute atomic E-state index is 0.240. The number of carbonyl (C=O) groups excluding carboxylic acids is 1. The summed E-state index contributed by atoms with van der Waals surface area (Å²) in [6, 6.07) is 17.1. The van der Waals surface area contributed by atoms with Crippen molar-refractivity contribution in [2.24, 2.45) is 0 Å². The Balaban J connectivity index is 1.36. The molecule has 1 heterocycles. The van der Waals surface area contributed by atoms with Gasteiger partial charge in [0.1, 0.15) is 12.4 Å². The van der Waals surface area contributed by atoms with E-state index in [0.717, 1.165) is 36.6 Å². The van der Waals surface area contributed by atoms with Crippen LogP contribution in [-0.4, -0.2) is 27.4 Å². The summed E-state index contributed by atoms with van der Waals surface area (Å²) >= 11 is 0. The lowest BCUT2D eigenvalue weighted by molar-refractivity contribution is -0.119. The van der Waals surface area contributed by atoms with Crippen molar-refractivity contribution in [1.82, 2.24) is 5.32 Å². The van der Waals surface area contributed by atoms with Crippen molar-refractivity contribution in [1.29, 1.82) is 0 Å². The van der Waals surface area contributed by atoms with Crippen LogP contribution in [0.25, 0.3) is 10.8 Å². The van der Waals surface area contributed by atoms with E-state index in [0.29, 0.717) is 17.6 Å². The van der Waals surface area contributed by atoms with Crippen molar-refractivity contribution < 1.29 is 17.6 Å². The number of carbonyl (C=O) groups is 1. The van der Waals surface area contributed by atoms with Crippen LogP contribution in [0.1, 0.15) is 31.2 Å². The topological polar surface area (TPSA) is 66.5 Å². The van der Waals surface area contributed by atoms with Gasteiger partial charge in [-0.1, -0.05) is 49.2 Å². The fourth-order valence-electron chi connectivity index (χ4n) is 5.01. The molecule has 0 spiro atoms. The lowest BCUT2D eigenvalue weighted by atomic mass is 9.79. The second kappa shape index (κ2) is 7.34. The van der Waals surface area contributed by atoms with Gasteiger partial charge in [-0.15, -0.1) is 0 Å². The van der Waals surface area contributed by atoms with E-state index in [1.54, 1.807) is 36.4 Å². The Hall–Kier alpha value is -2.93. The van der Waals surface area contributed by atoms with Gasteiger partial charge in [-0.2, -0.15) is 0 Å². The number of rotatable bonds is 5. The number of amides is 1. The van der Waals surface area contributed by atoms with Gasteiger partial charge in [0.2, 0.25) is 5.91 Å². The standard InChI is InChI=1S/C24H23FN2O3S/c25-19-11-9-18(10-12-19)24(13-1-2-14-24)16-26-22(28)15-27-20-7-3-5-17-6-4-8-21(23(17)20)31(27,29)30/h3-12H,1-2,13-16H2,(H,26,28). The minimum atomic E-state index is -3.77. The number of anilines is 1. The molecular formula is C24H23FN2O3S. The molecule has 3 aromatic rings. The second-order valence-corrected chi connectivity index (χ2v) is 10.2. The number of hydrogen-bond acceptors (Lipinski definition) is 3. The van der Waals surface area contributed by atoms with Crippen molar-refractivity contribution in [3.05, 3.63) is 72.0 Å². The van der Waals surface area contributed by atoms with Crippen LogP contribution in [0, 0.1) is 5.82 Å². The van der Waals surface area contributed by atoms with Crippen molar-refractivity contribution >= 4 is 32.4 Å². The fourth-order valence-corrected chi connectivity index (χ4v) is 6.67. The normalized spacial score (nSPS) is 18.4. The van der Waals surface area contributed by atoms with Crippen LogP contribution in [0.4, 0.5) is 10.1 Å². The molecule has 2 aliphatic rings. The molecule has 1 saturated carbocycles. The third-order valence-corrected chi connectivity index (χ3v) is 8.41. The van der Waals surface area contributed by atoms with Crippen molar-refractivity contribution in [2.45, 2.75) is 36.0 Å². The van der Waals surface area contributed by atoms with Crippen LogP contribution < -0.4 is 9.62 Å². The molecule has 7 heteroatoms. The quantitative estimate of drug-likeness (QED) is 0.652. The molecule has 0 saturated heterocycles. The van der Waals surface area contributed by atoms with Crippen LogP contribution >= 0.6 is 0 Å². The first-order valence-electron chi connectivity index (χ1n) is 10.5.